The number of nitrogens with one attached hydrogen (secondary N) is 2. The molecular formula is C13H22N4O3. The van der Waals surface area contributed by atoms with Gasteiger partial charge in [0.05, 0.1) is 17.9 Å². The van der Waals surface area contributed by atoms with Gasteiger partial charge in [-0.1, -0.05) is 13.8 Å². The molecule has 0 aliphatic rings. The normalized spacial score (nSPS) is 12.4. The van der Waals surface area contributed by atoms with Gasteiger partial charge in [0.15, 0.2) is 0 Å². The van der Waals surface area contributed by atoms with E-state index in [2.05, 4.69) is 15.7 Å². The molecule has 0 bridgehead atoms. The van der Waals surface area contributed by atoms with E-state index >= 15 is 0 Å². The van der Waals surface area contributed by atoms with Gasteiger partial charge < -0.3 is 15.7 Å². The van der Waals surface area contributed by atoms with Gasteiger partial charge in [-0.15, -0.1) is 0 Å². The highest BCUT2D eigenvalue weighted by Gasteiger charge is 2.17. The van der Waals surface area contributed by atoms with Crippen LogP contribution in [0.3, 0.4) is 0 Å². The zero-order valence-corrected chi connectivity index (χ0v) is 12.3. The summed E-state index contributed by atoms with van der Waals surface area (Å²) in [6.07, 6.45) is 1.31. The van der Waals surface area contributed by atoms with Crippen LogP contribution in [-0.4, -0.2) is 39.4 Å². The summed E-state index contributed by atoms with van der Waals surface area (Å²) in [6, 6.07) is -0.398. The summed E-state index contributed by atoms with van der Waals surface area (Å²) in [5.74, 6) is -0.730. The number of carboxylic acid groups (broad SMARTS) is 1. The molecule has 0 saturated heterocycles. The number of carbonyl (C=O) groups excluding carboxylic acids is 1. The summed E-state index contributed by atoms with van der Waals surface area (Å²) in [5.41, 5.74) is 0.691. The van der Waals surface area contributed by atoms with Crippen LogP contribution in [0.1, 0.15) is 36.8 Å². The van der Waals surface area contributed by atoms with Gasteiger partial charge in [0.2, 0.25) is 5.91 Å². The molecule has 7 heteroatoms. The molecule has 0 spiro atoms. The van der Waals surface area contributed by atoms with E-state index in [0.717, 1.165) is 0 Å². The SMILES string of the molecule is CC(C)CNC(=O)C(C)NCc1c(C(=O)O)cnn1C. The second-order valence-electron chi connectivity index (χ2n) is 5.18. The first kappa shape index (κ1) is 16.2. The number of aromatic carboxylic acids is 1. The molecule has 1 heterocycles. The van der Waals surface area contributed by atoms with Gasteiger partial charge in [-0.2, -0.15) is 5.10 Å². The largest absolute Gasteiger partial charge is 0.478 e. The molecule has 1 unspecified atom stereocenters. The van der Waals surface area contributed by atoms with Crippen molar-refractivity contribution in [3.05, 3.63) is 17.5 Å². The Labute approximate surface area is 118 Å². The molecule has 112 valence electrons. The van der Waals surface area contributed by atoms with Crippen LogP contribution in [0.4, 0.5) is 0 Å². The minimum atomic E-state index is -1.02. The number of rotatable bonds is 7. The van der Waals surface area contributed by atoms with Crippen molar-refractivity contribution in [3.63, 3.8) is 0 Å². The third kappa shape index (κ3) is 4.34. The van der Waals surface area contributed by atoms with Gasteiger partial charge in [-0.05, 0) is 12.8 Å². The Kier molecular flexibility index (Phi) is 5.69. The molecule has 0 fully saturated rings. The van der Waals surface area contributed by atoms with E-state index in [-0.39, 0.29) is 18.0 Å². The monoisotopic (exact) mass is 282 g/mol. The van der Waals surface area contributed by atoms with E-state index in [1.54, 1.807) is 14.0 Å². The summed E-state index contributed by atoms with van der Waals surface area (Å²) in [7, 11) is 1.67. The Bertz CT molecular complexity index is 482. The highest BCUT2D eigenvalue weighted by Crippen LogP contribution is 2.07. The first-order valence-corrected chi connectivity index (χ1v) is 6.58. The van der Waals surface area contributed by atoms with Gasteiger partial charge in [0.25, 0.3) is 0 Å². The lowest BCUT2D eigenvalue weighted by Gasteiger charge is -2.15. The van der Waals surface area contributed by atoms with E-state index < -0.39 is 12.0 Å². The number of nitrogens with zero attached hydrogens (tertiary/aromatic N) is 2. The van der Waals surface area contributed by atoms with Crippen molar-refractivity contribution in [1.82, 2.24) is 20.4 Å². The Balaban J connectivity index is 2.56. The third-order valence-electron chi connectivity index (χ3n) is 2.95. The molecule has 0 aliphatic carbocycles. The minimum Gasteiger partial charge on any atom is -0.478 e. The average Bonchev–Trinajstić information content (AvgIpc) is 2.74. The molecule has 1 aromatic heterocycles. The summed E-state index contributed by atoms with van der Waals surface area (Å²) < 4.78 is 1.50. The lowest BCUT2D eigenvalue weighted by atomic mass is 10.2. The van der Waals surface area contributed by atoms with Crippen LogP contribution in [0, 0.1) is 5.92 Å². The van der Waals surface area contributed by atoms with E-state index in [1.165, 1.54) is 10.9 Å². The fourth-order valence-electron chi connectivity index (χ4n) is 1.65. The van der Waals surface area contributed by atoms with Crippen LogP contribution in [0.5, 0.6) is 0 Å². The molecule has 7 nitrogen and oxygen atoms in total. The zero-order chi connectivity index (χ0) is 15.3. The van der Waals surface area contributed by atoms with Crippen LogP contribution in [0.25, 0.3) is 0 Å². The second-order valence-corrected chi connectivity index (χ2v) is 5.18. The predicted molar refractivity (Wildman–Crippen MR) is 74.3 cm³/mol. The van der Waals surface area contributed by atoms with Crippen LogP contribution in [0.15, 0.2) is 6.20 Å². The topological polar surface area (TPSA) is 96.2 Å². The Hall–Kier alpha value is -1.89. The molecule has 1 rings (SSSR count). The smallest absolute Gasteiger partial charge is 0.339 e. The molecule has 0 radical (unpaired) electrons. The van der Waals surface area contributed by atoms with Gasteiger partial charge >= 0.3 is 5.97 Å². The number of aryl methyl sites for hydroxylation is 1. The molecular weight excluding hydrogens is 260 g/mol. The predicted octanol–water partition coefficient (Wildman–Crippen LogP) is 0.369. The fraction of sp³-hybridized carbons (Fsp3) is 0.615. The van der Waals surface area contributed by atoms with Crippen LogP contribution in [0.2, 0.25) is 0 Å². The Morgan fingerprint density at radius 3 is 2.60 bits per heavy atom. The van der Waals surface area contributed by atoms with Crippen molar-refractivity contribution in [2.24, 2.45) is 13.0 Å². The Morgan fingerprint density at radius 2 is 2.05 bits per heavy atom. The summed E-state index contributed by atoms with van der Waals surface area (Å²) in [4.78, 5) is 22.8. The number of carbonyl (C=O) groups is 2. The lowest BCUT2D eigenvalue weighted by Crippen LogP contribution is -2.43. The van der Waals surface area contributed by atoms with E-state index in [1.807, 2.05) is 13.8 Å². The minimum absolute atomic E-state index is 0.0993. The van der Waals surface area contributed by atoms with Crippen molar-refractivity contribution < 1.29 is 14.7 Å². The average molecular weight is 282 g/mol. The maximum atomic E-state index is 11.8. The molecule has 3 N–H and O–H groups in total. The quantitative estimate of drug-likeness (QED) is 0.671. The number of hydrogen-bond acceptors (Lipinski definition) is 4. The van der Waals surface area contributed by atoms with Gasteiger partial charge in [0, 0.05) is 20.1 Å². The molecule has 0 aliphatic heterocycles. The van der Waals surface area contributed by atoms with E-state index in [4.69, 9.17) is 5.11 Å². The molecule has 0 saturated carbocycles. The van der Waals surface area contributed by atoms with Crippen LogP contribution < -0.4 is 10.6 Å². The van der Waals surface area contributed by atoms with Crippen LogP contribution >= 0.6 is 0 Å². The number of aromatic nitrogens is 2. The van der Waals surface area contributed by atoms with Crippen molar-refractivity contribution in [3.8, 4) is 0 Å². The summed E-state index contributed by atoms with van der Waals surface area (Å²) in [6.45, 7) is 6.68. The molecule has 0 aromatic carbocycles. The first-order valence-electron chi connectivity index (χ1n) is 6.58. The summed E-state index contributed by atoms with van der Waals surface area (Å²) >= 11 is 0. The van der Waals surface area contributed by atoms with Crippen molar-refractivity contribution >= 4 is 11.9 Å². The lowest BCUT2D eigenvalue weighted by molar-refractivity contribution is -0.122. The van der Waals surface area contributed by atoms with Crippen molar-refractivity contribution in [2.45, 2.75) is 33.4 Å². The maximum Gasteiger partial charge on any atom is 0.339 e. The van der Waals surface area contributed by atoms with Gasteiger partial charge in [-0.25, -0.2) is 4.79 Å². The van der Waals surface area contributed by atoms with Crippen molar-refractivity contribution in [1.29, 1.82) is 0 Å². The number of hydrogen-bond donors (Lipinski definition) is 3. The molecule has 1 aromatic rings. The number of amides is 1. The molecule has 20 heavy (non-hydrogen) atoms. The zero-order valence-electron chi connectivity index (χ0n) is 12.3. The summed E-state index contributed by atoms with van der Waals surface area (Å²) in [5, 5.41) is 18.8. The van der Waals surface area contributed by atoms with Gasteiger partial charge in [-0.3, -0.25) is 9.48 Å². The standard InChI is InChI=1S/C13H22N4O3/c1-8(2)5-15-12(18)9(3)14-7-11-10(13(19)20)6-16-17(11)4/h6,8-9,14H,5,7H2,1-4H3,(H,15,18)(H,19,20). The third-order valence-corrected chi connectivity index (χ3v) is 2.95. The molecule has 1 atom stereocenters. The highest BCUT2D eigenvalue weighted by molar-refractivity contribution is 5.88. The van der Waals surface area contributed by atoms with Crippen molar-refractivity contribution in [2.75, 3.05) is 6.54 Å². The van der Waals surface area contributed by atoms with E-state index in [0.29, 0.717) is 18.2 Å². The first-order chi connectivity index (χ1) is 9.32. The van der Waals surface area contributed by atoms with Crippen LogP contribution in [-0.2, 0) is 18.4 Å². The van der Waals surface area contributed by atoms with Gasteiger partial charge in [0.1, 0.15) is 5.56 Å². The highest BCUT2D eigenvalue weighted by atomic mass is 16.4. The molecule has 1 amide bonds. The fourth-order valence-corrected chi connectivity index (χ4v) is 1.65. The second kappa shape index (κ2) is 7.04. The number of carboxylic acids is 1. The van der Waals surface area contributed by atoms with E-state index in [9.17, 15) is 9.59 Å². The Morgan fingerprint density at radius 1 is 1.40 bits per heavy atom. The maximum absolute atomic E-state index is 11.8.